The monoisotopic (exact) mass is 421 g/mol. The van der Waals surface area contributed by atoms with Crippen molar-refractivity contribution in [2.45, 2.75) is 33.1 Å². The van der Waals surface area contributed by atoms with Crippen LogP contribution in [0.15, 0.2) is 12.1 Å². The second-order valence-corrected chi connectivity index (χ2v) is 7.23. The Morgan fingerprint density at radius 3 is 2.65 bits per heavy atom. The maximum atomic E-state index is 6.01. The summed E-state index contributed by atoms with van der Waals surface area (Å²) in [5, 5.41) is 3.39. The lowest BCUT2D eigenvalue weighted by Crippen LogP contribution is -2.09. The first-order valence-corrected chi connectivity index (χ1v) is 8.99. The van der Waals surface area contributed by atoms with E-state index in [4.69, 9.17) is 16.6 Å². The molecule has 0 aliphatic carbocycles. The smallest absolute Gasteiger partial charge is 0.171 e. The van der Waals surface area contributed by atoms with Crippen LogP contribution in [0.25, 0.3) is 10.7 Å². The molecule has 0 saturated carbocycles. The summed E-state index contributed by atoms with van der Waals surface area (Å²) in [6.07, 6.45) is 3.11. The Balaban J connectivity index is 2.43. The van der Waals surface area contributed by atoms with Crippen LogP contribution in [0.3, 0.4) is 0 Å². The first-order chi connectivity index (χ1) is 9.65. The van der Waals surface area contributed by atoms with Gasteiger partial charge in [0, 0.05) is 6.54 Å². The fourth-order valence-electron chi connectivity index (χ4n) is 1.80. The number of hydrogen-bond acceptors (Lipinski definition) is 4. The van der Waals surface area contributed by atoms with Crippen LogP contribution in [0.2, 0.25) is 4.34 Å². The summed E-state index contributed by atoms with van der Waals surface area (Å²) >= 11 is 9.86. The molecule has 2 rings (SSSR count). The minimum Gasteiger partial charge on any atom is -0.369 e. The molecule has 0 aromatic carbocycles. The highest BCUT2D eigenvalue weighted by Gasteiger charge is 2.14. The standard InChI is InChI=1S/C14H17ClIN3S/c1-3-5-9-12(16)14(17-8-4-2)19-13(18-9)10-6-7-11(15)20-10/h6-7H,3-5,8H2,1-2H3,(H,17,18,19). The van der Waals surface area contributed by atoms with E-state index >= 15 is 0 Å². The van der Waals surface area contributed by atoms with Crippen LogP contribution in [0.1, 0.15) is 32.4 Å². The minimum atomic E-state index is 0.766. The number of thiophene rings is 1. The zero-order chi connectivity index (χ0) is 14.5. The highest BCUT2D eigenvalue weighted by Crippen LogP contribution is 2.31. The molecule has 0 aliphatic rings. The van der Waals surface area contributed by atoms with Crippen LogP contribution in [-0.2, 0) is 6.42 Å². The van der Waals surface area contributed by atoms with E-state index in [1.807, 2.05) is 12.1 Å². The fourth-order valence-corrected chi connectivity index (χ4v) is 3.48. The van der Waals surface area contributed by atoms with Gasteiger partial charge in [0.1, 0.15) is 5.82 Å². The number of nitrogens with zero attached hydrogens (tertiary/aromatic N) is 2. The molecule has 0 aliphatic heterocycles. The zero-order valence-corrected chi connectivity index (χ0v) is 15.3. The molecule has 2 heterocycles. The summed E-state index contributed by atoms with van der Waals surface area (Å²) in [5.74, 6) is 1.70. The van der Waals surface area contributed by atoms with E-state index < -0.39 is 0 Å². The summed E-state index contributed by atoms with van der Waals surface area (Å²) in [6, 6.07) is 3.87. The van der Waals surface area contributed by atoms with Gasteiger partial charge in [-0.25, -0.2) is 9.97 Å². The van der Waals surface area contributed by atoms with Crippen molar-refractivity contribution in [1.82, 2.24) is 9.97 Å². The molecule has 1 N–H and O–H groups in total. The maximum Gasteiger partial charge on any atom is 0.171 e. The highest BCUT2D eigenvalue weighted by atomic mass is 127. The third-order valence-electron chi connectivity index (χ3n) is 2.74. The van der Waals surface area contributed by atoms with Crippen molar-refractivity contribution in [2.24, 2.45) is 0 Å². The molecule has 20 heavy (non-hydrogen) atoms. The van der Waals surface area contributed by atoms with Gasteiger partial charge in [-0.1, -0.05) is 31.9 Å². The Kier molecular flexibility index (Phi) is 6.04. The summed E-state index contributed by atoms with van der Waals surface area (Å²) < 4.78 is 1.89. The van der Waals surface area contributed by atoms with Crippen molar-refractivity contribution in [3.63, 3.8) is 0 Å². The summed E-state index contributed by atoms with van der Waals surface area (Å²) in [5.41, 5.74) is 1.11. The van der Waals surface area contributed by atoms with Crippen molar-refractivity contribution in [1.29, 1.82) is 0 Å². The molecule has 0 amide bonds. The van der Waals surface area contributed by atoms with E-state index in [1.54, 1.807) is 0 Å². The quantitative estimate of drug-likeness (QED) is 0.648. The van der Waals surface area contributed by atoms with Crippen LogP contribution in [0.4, 0.5) is 5.82 Å². The van der Waals surface area contributed by atoms with Crippen molar-refractivity contribution in [3.05, 3.63) is 25.7 Å². The first-order valence-electron chi connectivity index (χ1n) is 6.71. The molecule has 0 atom stereocenters. The van der Waals surface area contributed by atoms with E-state index in [1.165, 1.54) is 11.3 Å². The molecule has 0 fully saturated rings. The van der Waals surface area contributed by atoms with Crippen LogP contribution in [0, 0.1) is 3.57 Å². The molecule has 108 valence electrons. The normalized spacial score (nSPS) is 10.8. The van der Waals surface area contributed by atoms with E-state index in [0.717, 1.165) is 55.9 Å². The van der Waals surface area contributed by atoms with Gasteiger partial charge in [0.05, 0.1) is 18.5 Å². The van der Waals surface area contributed by atoms with Crippen molar-refractivity contribution in [2.75, 3.05) is 11.9 Å². The lowest BCUT2D eigenvalue weighted by Gasteiger charge is -2.11. The zero-order valence-electron chi connectivity index (χ0n) is 11.5. The molecule has 0 saturated heterocycles. The number of aromatic nitrogens is 2. The maximum absolute atomic E-state index is 6.01. The third-order valence-corrected chi connectivity index (χ3v) is 5.10. The lowest BCUT2D eigenvalue weighted by atomic mass is 10.2. The number of rotatable bonds is 6. The topological polar surface area (TPSA) is 37.8 Å². The number of aryl methyl sites for hydroxylation is 1. The number of hydrogen-bond donors (Lipinski definition) is 1. The van der Waals surface area contributed by atoms with Crippen LogP contribution < -0.4 is 5.32 Å². The van der Waals surface area contributed by atoms with Crippen molar-refractivity contribution < 1.29 is 0 Å². The third kappa shape index (κ3) is 3.83. The second kappa shape index (κ2) is 7.56. The van der Waals surface area contributed by atoms with E-state index in [2.05, 4.69) is 46.7 Å². The molecule has 0 unspecified atom stereocenters. The fraction of sp³-hybridized carbons (Fsp3) is 0.429. The summed E-state index contributed by atoms with van der Waals surface area (Å²) in [4.78, 5) is 10.4. The Bertz CT molecular complexity index is 586. The Morgan fingerprint density at radius 1 is 1.25 bits per heavy atom. The molecule has 0 spiro atoms. The Hall–Kier alpha value is -0.400. The molecule has 2 aromatic heterocycles. The molecule has 0 bridgehead atoms. The molecule has 6 heteroatoms. The molecular weight excluding hydrogens is 405 g/mol. The van der Waals surface area contributed by atoms with Gasteiger partial charge in [0.15, 0.2) is 5.82 Å². The number of anilines is 1. The lowest BCUT2D eigenvalue weighted by molar-refractivity contribution is 0.864. The Labute approximate surface area is 142 Å². The SMILES string of the molecule is CCCNc1nc(-c2ccc(Cl)s2)nc(CCC)c1I. The van der Waals surface area contributed by atoms with Gasteiger partial charge in [-0.15, -0.1) is 11.3 Å². The van der Waals surface area contributed by atoms with Crippen LogP contribution in [-0.4, -0.2) is 16.5 Å². The Morgan fingerprint density at radius 2 is 2.05 bits per heavy atom. The van der Waals surface area contributed by atoms with Crippen LogP contribution in [0.5, 0.6) is 0 Å². The first kappa shape index (κ1) is 16.0. The van der Waals surface area contributed by atoms with E-state index in [0.29, 0.717) is 0 Å². The van der Waals surface area contributed by atoms with Gasteiger partial charge in [-0.2, -0.15) is 0 Å². The molecule has 0 radical (unpaired) electrons. The van der Waals surface area contributed by atoms with Crippen LogP contribution >= 0.6 is 45.5 Å². The van der Waals surface area contributed by atoms with E-state index in [9.17, 15) is 0 Å². The van der Waals surface area contributed by atoms with Gasteiger partial charge in [0.25, 0.3) is 0 Å². The number of halogens is 2. The molecule has 2 aromatic rings. The average molecular weight is 422 g/mol. The second-order valence-electron chi connectivity index (χ2n) is 4.44. The number of nitrogens with one attached hydrogen (secondary N) is 1. The van der Waals surface area contributed by atoms with E-state index in [-0.39, 0.29) is 0 Å². The largest absolute Gasteiger partial charge is 0.369 e. The predicted molar refractivity (Wildman–Crippen MR) is 95.8 cm³/mol. The highest BCUT2D eigenvalue weighted by molar-refractivity contribution is 14.1. The van der Waals surface area contributed by atoms with Crippen molar-refractivity contribution in [3.8, 4) is 10.7 Å². The summed E-state index contributed by atoms with van der Waals surface area (Å²) in [7, 11) is 0. The van der Waals surface area contributed by atoms with Crippen molar-refractivity contribution >= 4 is 51.3 Å². The van der Waals surface area contributed by atoms with Gasteiger partial charge < -0.3 is 5.32 Å². The minimum absolute atomic E-state index is 0.766. The molecule has 3 nitrogen and oxygen atoms in total. The van der Waals surface area contributed by atoms with Gasteiger partial charge >= 0.3 is 0 Å². The summed E-state index contributed by atoms with van der Waals surface area (Å²) in [6.45, 7) is 5.23. The van der Waals surface area contributed by atoms with Gasteiger partial charge in [-0.05, 0) is 47.6 Å². The molecular formula is C14H17ClIN3S. The predicted octanol–water partition coefficient (Wildman–Crippen LogP) is 5.24. The average Bonchev–Trinajstić information content (AvgIpc) is 2.86. The van der Waals surface area contributed by atoms with Gasteiger partial charge in [0.2, 0.25) is 0 Å². The van der Waals surface area contributed by atoms with Gasteiger partial charge in [-0.3, -0.25) is 0 Å².